The first-order chi connectivity index (χ1) is 11.2. The number of anilines is 1. The van der Waals surface area contributed by atoms with Crippen molar-refractivity contribution in [2.45, 2.75) is 18.8 Å². The number of tetrazole rings is 1. The van der Waals surface area contributed by atoms with Crippen LogP contribution in [0.1, 0.15) is 34.9 Å². The fourth-order valence-corrected chi connectivity index (χ4v) is 2.67. The number of rotatable bonds is 4. The van der Waals surface area contributed by atoms with Gasteiger partial charge in [-0.1, -0.05) is 23.7 Å². The SMILES string of the molecule is O=C(Nc1cccc(-c2nn[nH]n2)c1)c1n[nH]c(C2CC2)c1Cl. The number of hydrogen-bond acceptors (Lipinski definition) is 5. The van der Waals surface area contributed by atoms with Crippen molar-refractivity contribution in [2.24, 2.45) is 0 Å². The number of hydrogen-bond donors (Lipinski definition) is 3. The topological polar surface area (TPSA) is 112 Å². The summed E-state index contributed by atoms with van der Waals surface area (Å²) in [6, 6.07) is 7.14. The number of aromatic amines is 2. The van der Waals surface area contributed by atoms with Gasteiger partial charge in [-0.25, -0.2) is 0 Å². The summed E-state index contributed by atoms with van der Waals surface area (Å²) in [6.07, 6.45) is 2.16. The molecule has 1 saturated carbocycles. The van der Waals surface area contributed by atoms with Gasteiger partial charge in [0.05, 0.1) is 10.7 Å². The van der Waals surface area contributed by atoms with E-state index in [1.165, 1.54) is 0 Å². The van der Waals surface area contributed by atoms with Gasteiger partial charge >= 0.3 is 0 Å². The minimum absolute atomic E-state index is 0.207. The minimum Gasteiger partial charge on any atom is -0.321 e. The number of nitrogens with one attached hydrogen (secondary N) is 3. The molecule has 0 unspecified atom stereocenters. The summed E-state index contributed by atoms with van der Waals surface area (Å²) in [7, 11) is 0. The van der Waals surface area contributed by atoms with Crippen molar-refractivity contribution in [3.8, 4) is 11.4 Å². The Balaban J connectivity index is 1.56. The summed E-state index contributed by atoms with van der Waals surface area (Å²) in [5.41, 5.74) is 2.39. The molecular weight excluding hydrogens is 318 g/mol. The first-order valence-electron chi connectivity index (χ1n) is 7.11. The van der Waals surface area contributed by atoms with E-state index in [1.54, 1.807) is 18.2 Å². The molecule has 8 nitrogen and oxygen atoms in total. The monoisotopic (exact) mass is 329 g/mol. The zero-order valence-corrected chi connectivity index (χ0v) is 12.6. The number of nitrogens with zero attached hydrogens (tertiary/aromatic N) is 4. The third kappa shape index (κ3) is 2.68. The molecule has 0 aliphatic heterocycles. The molecule has 4 rings (SSSR count). The van der Waals surface area contributed by atoms with Crippen LogP contribution in [0.5, 0.6) is 0 Å². The maximum Gasteiger partial charge on any atom is 0.277 e. The number of H-pyrrole nitrogens is 2. The van der Waals surface area contributed by atoms with Gasteiger partial charge in [-0.3, -0.25) is 9.89 Å². The first kappa shape index (κ1) is 13.9. The van der Waals surface area contributed by atoms with Crippen molar-refractivity contribution < 1.29 is 4.79 Å². The van der Waals surface area contributed by atoms with Gasteiger partial charge in [0.2, 0.25) is 5.82 Å². The van der Waals surface area contributed by atoms with Crippen molar-refractivity contribution in [1.29, 1.82) is 0 Å². The van der Waals surface area contributed by atoms with Gasteiger partial charge in [0.15, 0.2) is 5.69 Å². The highest BCUT2D eigenvalue weighted by Crippen LogP contribution is 2.42. The van der Waals surface area contributed by atoms with Crippen LogP contribution < -0.4 is 5.32 Å². The summed E-state index contributed by atoms with van der Waals surface area (Å²) >= 11 is 6.25. The van der Waals surface area contributed by atoms with Gasteiger partial charge in [-0.2, -0.15) is 10.3 Å². The molecule has 9 heteroatoms. The molecule has 2 aromatic heterocycles. The minimum atomic E-state index is -0.358. The number of aromatic nitrogens is 6. The second-order valence-corrected chi connectivity index (χ2v) is 5.72. The quantitative estimate of drug-likeness (QED) is 0.680. The Bertz CT molecular complexity index is 854. The maximum atomic E-state index is 12.4. The van der Waals surface area contributed by atoms with Crippen molar-refractivity contribution >= 4 is 23.2 Å². The lowest BCUT2D eigenvalue weighted by molar-refractivity contribution is 0.102. The second kappa shape index (κ2) is 5.47. The molecular formula is C14H12ClN7O. The van der Waals surface area contributed by atoms with Crippen LogP contribution in [0.15, 0.2) is 24.3 Å². The fourth-order valence-electron chi connectivity index (χ4n) is 2.35. The number of benzene rings is 1. The number of halogens is 1. The van der Waals surface area contributed by atoms with Gasteiger partial charge in [0.1, 0.15) is 0 Å². The Morgan fingerprint density at radius 3 is 2.91 bits per heavy atom. The number of carbonyl (C=O) groups excluding carboxylic acids is 1. The highest BCUT2D eigenvalue weighted by Gasteiger charge is 2.30. The largest absolute Gasteiger partial charge is 0.321 e. The van der Waals surface area contributed by atoms with Crippen molar-refractivity contribution in [1.82, 2.24) is 30.8 Å². The van der Waals surface area contributed by atoms with Crippen LogP contribution in [0.2, 0.25) is 5.02 Å². The molecule has 1 aliphatic rings. The molecule has 116 valence electrons. The molecule has 0 bridgehead atoms. The number of amides is 1. The molecule has 23 heavy (non-hydrogen) atoms. The average Bonchev–Trinajstić information content (AvgIpc) is 3.10. The molecule has 0 saturated heterocycles. The maximum absolute atomic E-state index is 12.4. The van der Waals surface area contributed by atoms with Crippen LogP contribution in [0, 0.1) is 0 Å². The number of carbonyl (C=O) groups is 1. The van der Waals surface area contributed by atoms with E-state index in [1.807, 2.05) is 6.07 Å². The van der Waals surface area contributed by atoms with E-state index < -0.39 is 0 Å². The predicted octanol–water partition coefficient (Wildman–Crippen LogP) is 2.37. The van der Waals surface area contributed by atoms with Crippen LogP contribution in [0.25, 0.3) is 11.4 Å². The summed E-state index contributed by atoms with van der Waals surface area (Å²) < 4.78 is 0. The summed E-state index contributed by atoms with van der Waals surface area (Å²) in [5.74, 6) is 0.497. The molecule has 1 aliphatic carbocycles. The van der Waals surface area contributed by atoms with Crippen LogP contribution in [-0.4, -0.2) is 36.7 Å². The van der Waals surface area contributed by atoms with Crippen LogP contribution in [-0.2, 0) is 0 Å². The smallest absolute Gasteiger partial charge is 0.277 e. The Morgan fingerprint density at radius 1 is 1.30 bits per heavy atom. The second-order valence-electron chi connectivity index (χ2n) is 5.34. The summed E-state index contributed by atoms with van der Waals surface area (Å²) in [4.78, 5) is 12.4. The van der Waals surface area contributed by atoms with E-state index in [0.29, 0.717) is 22.5 Å². The first-order valence-corrected chi connectivity index (χ1v) is 7.49. The lowest BCUT2D eigenvalue weighted by atomic mass is 10.2. The van der Waals surface area contributed by atoms with Crippen LogP contribution in [0.4, 0.5) is 5.69 Å². The van der Waals surface area contributed by atoms with Crippen LogP contribution >= 0.6 is 11.6 Å². The van der Waals surface area contributed by atoms with E-state index in [4.69, 9.17) is 11.6 Å². The highest BCUT2D eigenvalue weighted by molar-refractivity contribution is 6.34. The lowest BCUT2D eigenvalue weighted by Crippen LogP contribution is -2.13. The van der Waals surface area contributed by atoms with E-state index in [-0.39, 0.29) is 11.6 Å². The molecule has 0 radical (unpaired) electrons. The summed E-state index contributed by atoms with van der Waals surface area (Å²) in [6.45, 7) is 0. The lowest BCUT2D eigenvalue weighted by Gasteiger charge is -2.04. The summed E-state index contributed by atoms with van der Waals surface area (Å²) in [5, 5.41) is 23.8. The Labute approximate surface area is 135 Å². The molecule has 1 aromatic carbocycles. The van der Waals surface area contributed by atoms with Crippen molar-refractivity contribution in [2.75, 3.05) is 5.32 Å². The molecule has 1 fully saturated rings. The molecule has 0 atom stereocenters. The molecule has 0 spiro atoms. The standard InChI is InChI=1S/C14H12ClN7O/c15-10-11(7-4-5-7)17-18-12(10)14(23)16-9-3-1-2-8(6-9)13-19-21-22-20-13/h1-3,6-7H,4-5H2,(H,16,23)(H,17,18)(H,19,20,21,22). The fraction of sp³-hybridized carbons (Fsp3) is 0.214. The molecule has 3 aromatic rings. The molecule has 1 amide bonds. The molecule has 3 N–H and O–H groups in total. The van der Waals surface area contributed by atoms with Gasteiger partial charge in [-0.05, 0) is 30.2 Å². The zero-order chi connectivity index (χ0) is 15.8. The van der Waals surface area contributed by atoms with Gasteiger partial charge in [0.25, 0.3) is 5.91 Å². The van der Waals surface area contributed by atoms with Crippen molar-refractivity contribution in [3.05, 3.63) is 40.7 Å². The average molecular weight is 330 g/mol. The predicted molar refractivity (Wildman–Crippen MR) is 83.1 cm³/mol. The highest BCUT2D eigenvalue weighted by atomic mass is 35.5. The van der Waals surface area contributed by atoms with Gasteiger partial charge < -0.3 is 5.32 Å². The van der Waals surface area contributed by atoms with Crippen LogP contribution in [0.3, 0.4) is 0 Å². The third-order valence-electron chi connectivity index (χ3n) is 3.66. The molecule has 2 heterocycles. The van der Waals surface area contributed by atoms with E-state index in [0.717, 1.165) is 24.1 Å². The van der Waals surface area contributed by atoms with Gasteiger partial charge in [-0.15, -0.1) is 10.2 Å². The van der Waals surface area contributed by atoms with E-state index >= 15 is 0 Å². The third-order valence-corrected chi connectivity index (χ3v) is 4.04. The van der Waals surface area contributed by atoms with Crippen molar-refractivity contribution in [3.63, 3.8) is 0 Å². The normalized spacial score (nSPS) is 14.0. The Morgan fingerprint density at radius 2 is 2.17 bits per heavy atom. The van der Waals surface area contributed by atoms with Gasteiger partial charge in [0, 0.05) is 17.2 Å². The Hall–Kier alpha value is -2.74. The van der Waals surface area contributed by atoms with E-state index in [2.05, 4.69) is 36.1 Å². The Kier molecular flexibility index (Phi) is 3.30. The zero-order valence-electron chi connectivity index (χ0n) is 11.9. The van der Waals surface area contributed by atoms with E-state index in [9.17, 15) is 4.79 Å².